The highest BCUT2D eigenvalue weighted by Gasteiger charge is 2.16. The smallest absolute Gasteiger partial charge is 0.196 e. The van der Waals surface area contributed by atoms with E-state index in [1.165, 1.54) is 31.0 Å². The maximum absolute atomic E-state index is 11.3. The van der Waals surface area contributed by atoms with Crippen molar-refractivity contribution in [2.24, 2.45) is 0 Å². The summed E-state index contributed by atoms with van der Waals surface area (Å²) >= 11 is 1.52. The molecule has 1 fully saturated rings. The molecule has 1 aliphatic heterocycles. The second-order valence-corrected chi connectivity index (χ2v) is 8.67. The summed E-state index contributed by atoms with van der Waals surface area (Å²) in [6.07, 6.45) is 4.10. The van der Waals surface area contributed by atoms with E-state index in [1.807, 2.05) is 43.3 Å². The van der Waals surface area contributed by atoms with E-state index in [4.69, 9.17) is 9.97 Å². The molecule has 30 heavy (non-hydrogen) atoms. The van der Waals surface area contributed by atoms with Gasteiger partial charge in [-0.15, -0.1) is 0 Å². The molecular formula is C22H26N6OS. The zero-order valence-electron chi connectivity index (χ0n) is 17.3. The van der Waals surface area contributed by atoms with Crippen LogP contribution in [0.3, 0.4) is 0 Å². The summed E-state index contributed by atoms with van der Waals surface area (Å²) in [5.74, 6) is 2.57. The van der Waals surface area contributed by atoms with Gasteiger partial charge < -0.3 is 10.2 Å². The van der Waals surface area contributed by atoms with Gasteiger partial charge in [-0.05, 0) is 62.6 Å². The van der Waals surface area contributed by atoms with Crippen LogP contribution in [-0.2, 0) is 11.2 Å². The van der Waals surface area contributed by atoms with E-state index in [1.54, 1.807) is 6.92 Å². The Kier molecular flexibility index (Phi) is 6.32. The van der Waals surface area contributed by atoms with Crippen molar-refractivity contribution < 1.29 is 4.79 Å². The van der Waals surface area contributed by atoms with Gasteiger partial charge in [-0.3, -0.25) is 9.89 Å². The number of carbonyl (C=O) groups excluding carboxylic acids is 1. The number of benzene rings is 1. The summed E-state index contributed by atoms with van der Waals surface area (Å²) < 4.78 is 0. The third-order valence-electron chi connectivity index (χ3n) is 4.92. The second kappa shape index (κ2) is 9.30. The molecule has 1 aliphatic rings. The molecule has 0 saturated carbocycles. The van der Waals surface area contributed by atoms with E-state index in [-0.39, 0.29) is 5.78 Å². The van der Waals surface area contributed by atoms with E-state index in [0.717, 1.165) is 46.7 Å². The maximum Gasteiger partial charge on any atom is 0.196 e. The summed E-state index contributed by atoms with van der Waals surface area (Å²) in [6.45, 7) is 5.61. The van der Waals surface area contributed by atoms with Crippen molar-refractivity contribution in [3.63, 3.8) is 0 Å². The van der Waals surface area contributed by atoms with Crippen molar-refractivity contribution in [2.75, 3.05) is 23.3 Å². The maximum atomic E-state index is 11.3. The fourth-order valence-corrected chi connectivity index (χ4v) is 4.26. The Morgan fingerprint density at radius 1 is 1.10 bits per heavy atom. The third kappa shape index (κ3) is 5.38. The first-order chi connectivity index (χ1) is 14.5. The topological polar surface area (TPSA) is 86.8 Å². The number of aromatic amines is 1. The first-order valence-electron chi connectivity index (χ1n) is 10.2. The van der Waals surface area contributed by atoms with Gasteiger partial charge >= 0.3 is 0 Å². The van der Waals surface area contributed by atoms with Crippen LogP contribution >= 0.6 is 11.8 Å². The summed E-state index contributed by atoms with van der Waals surface area (Å²) in [7, 11) is 0. The lowest BCUT2D eigenvalue weighted by Gasteiger charge is -2.28. The molecule has 156 valence electrons. The average Bonchev–Trinajstić information content (AvgIpc) is 3.14. The first-order valence-corrected chi connectivity index (χ1v) is 11.1. The summed E-state index contributed by atoms with van der Waals surface area (Å²) in [4.78, 5) is 24.2. The number of nitrogens with one attached hydrogen (secondary N) is 2. The number of aryl methyl sites for hydroxylation is 1. The molecule has 2 aromatic heterocycles. The van der Waals surface area contributed by atoms with Crippen LogP contribution in [0.5, 0.6) is 0 Å². The molecule has 0 amide bonds. The lowest BCUT2D eigenvalue weighted by Crippen LogP contribution is -2.30. The van der Waals surface area contributed by atoms with Crippen LogP contribution < -0.4 is 10.2 Å². The van der Waals surface area contributed by atoms with Gasteiger partial charge in [0.2, 0.25) is 0 Å². The van der Waals surface area contributed by atoms with E-state index >= 15 is 0 Å². The Labute approximate surface area is 180 Å². The third-order valence-corrected chi connectivity index (χ3v) is 5.79. The van der Waals surface area contributed by atoms with Gasteiger partial charge in [0.15, 0.2) is 11.0 Å². The second-order valence-electron chi connectivity index (χ2n) is 7.63. The van der Waals surface area contributed by atoms with E-state index in [0.29, 0.717) is 11.6 Å². The van der Waals surface area contributed by atoms with Crippen molar-refractivity contribution in [3.8, 4) is 0 Å². The van der Waals surface area contributed by atoms with Gasteiger partial charge in [0.1, 0.15) is 17.4 Å². The highest BCUT2D eigenvalue weighted by atomic mass is 32.2. The minimum absolute atomic E-state index is 0.164. The molecule has 0 spiro atoms. The fraction of sp³-hybridized carbons (Fsp3) is 0.364. The summed E-state index contributed by atoms with van der Waals surface area (Å²) in [6, 6.07) is 12.0. The van der Waals surface area contributed by atoms with Crippen LogP contribution in [0.2, 0.25) is 0 Å². The molecule has 4 rings (SSSR count). The quantitative estimate of drug-likeness (QED) is 0.541. The van der Waals surface area contributed by atoms with Gasteiger partial charge in [-0.1, -0.05) is 12.1 Å². The number of H-pyrrole nitrogens is 1. The molecule has 0 aliphatic carbocycles. The average molecular weight is 423 g/mol. The fourth-order valence-electron chi connectivity index (χ4n) is 3.49. The van der Waals surface area contributed by atoms with Crippen molar-refractivity contribution in [2.45, 2.75) is 49.6 Å². The highest BCUT2D eigenvalue weighted by Crippen LogP contribution is 2.30. The predicted octanol–water partition coefficient (Wildman–Crippen LogP) is 4.52. The van der Waals surface area contributed by atoms with Crippen molar-refractivity contribution in [1.29, 1.82) is 0 Å². The first kappa shape index (κ1) is 20.4. The molecule has 0 atom stereocenters. The monoisotopic (exact) mass is 422 g/mol. The summed E-state index contributed by atoms with van der Waals surface area (Å²) in [5, 5.41) is 11.2. The normalized spacial score (nSPS) is 14.0. The number of rotatable bonds is 7. The molecule has 0 unspecified atom stereocenters. The van der Waals surface area contributed by atoms with Crippen molar-refractivity contribution >= 4 is 35.0 Å². The molecule has 7 nitrogen and oxygen atoms in total. The molecule has 8 heteroatoms. The number of carbonyl (C=O) groups is 1. The van der Waals surface area contributed by atoms with Gasteiger partial charge in [0, 0.05) is 42.2 Å². The van der Waals surface area contributed by atoms with Gasteiger partial charge in [-0.25, -0.2) is 9.97 Å². The SMILES string of the molecule is CC(=O)Cc1ccc(Sc2nc(Nc3cc(C)[nH]n3)cc(N3CCCCC3)n2)cc1. The van der Waals surface area contributed by atoms with E-state index < -0.39 is 0 Å². The minimum atomic E-state index is 0.164. The zero-order valence-corrected chi connectivity index (χ0v) is 18.1. The van der Waals surface area contributed by atoms with Gasteiger partial charge in [0.25, 0.3) is 0 Å². The molecule has 0 radical (unpaired) electrons. The van der Waals surface area contributed by atoms with Crippen LogP contribution in [0.25, 0.3) is 0 Å². The number of Topliss-reactive ketones (excluding diaryl/α,β-unsaturated/α-hetero) is 1. The van der Waals surface area contributed by atoms with Crippen molar-refractivity contribution in [1.82, 2.24) is 20.2 Å². The van der Waals surface area contributed by atoms with Crippen LogP contribution in [0.1, 0.15) is 37.4 Å². The lowest BCUT2D eigenvalue weighted by atomic mass is 10.1. The van der Waals surface area contributed by atoms with E-state index in [9.17, 15) is 4.79 Å². The van der Waals surface area contributed by atoms with Crippen molar-refractivity contribution in [3.05, 3.63) is 47.7 Å². The number of hydrogen-bond acceptors (Lipinski definition) is 7. The van der Waals surface area contributed by atoms with Crippen LogP contribution in [0.15, 0.2) is 46.5 Å². The van der Waals surface area contributed by atoms with Crippen LogP contribution in [0, 0.1) is 6.92 Å². The Bertz CT molecular complexity index is 1010. The molecular weight excluding hydrogens is 396 g/mol. The molecule has 3 aromatic rings. The number of ketones is 1. The Morgan fingerprint density at radius 2 is 1.87 bits per heavy atom. The van der Waals surface area contributed by atoms with E-state index in [2.05, 4.69) is 20.4 Å². The Morgan fingerprint density at radius 3 is 2.53 bits per heavy atom. The number of piperidine rings is 1. The predicted molar refractivity (Wildman–Crippen MR) is 120 cm³/mol. The lowest BCUT2D eigenvalue weighted by molar-refractivity contribution is -0.116. The number of anilines is 3. The number of nitrogens with zero attached hydrogens (tertiary/aromatic N) is 4. The molecule has 1 aromatic carbocycles. The standard InChI is InChI=1S/C22H26N6OS/c1-15-12-20(27-26-15)23-19-14-21(28-10-4-3-5-11-28)25-22(24-19)30-18-8-6-17(7-9-18)13-16(2)29/h6-9,12,14H,3-5,10-11,13H2,1-2H3,(H2,23,24,25,26,27). The van der Waals surface area contributed by atoms with Crippen LogP contribution in [0.4, 0.5) is 17.5 Å². The number of aromatic nitrogens is 4. The summed E-state index contributed by atoms with van der Waals surface area (Å²) in [5.41, 5.74) is 2.01. The van der Waals surface area contributed by atoms with Gasteiger partial charge in [0.05, 0.1) is 0 Å². The largest absolute Gasteiger partial charge is 0.356 e. The Balaban J connectivity index is 1.58. The molecule has 1 saturated heterocycles. The molecule has 2 N–H and O–H groups in total. The Hall–Kier alpha value is -2.87. The van der Waals surface area contributed by atoms with Gasteiger partial charge in [-0.2, -0.15) is 5.10 Å². The minimum Gasteiger partial charge on any atom is -0.356 e. The highest BCUT2D eigenvalue weighted by molar-refractivity contribution is 7.99. The zero-order chi connectivity index (χ0) is 20.9. The molecule has 3 heterocycles. The van der Waals surface area contributed by atoms with Crippen LogP contribution in [-0.4, -0.2) is 39.0 Å². The molecule has 0 bridgehead atoms. The number of hydrogen-bond donors (Lipinski definition) is 2.